The predicted molar refractivity (Wildman–Crippen MR) is 96.8 cm³/mol. The van der Waals surface area contributed by atoms with E-state index in [1.165, 1.54) is 0 Å². The highest BCUT2D eigenvalue weighted by atomic mass is 16.5. The summed E-state index contributed by atoms with van der Waals surface area (Å²) in [6.45, 7) is 15.9. The molecule has 0 radical (unpaired) electrons. The first kappa shape index (κ1) is 19.7. The first-order chi connectivity index (χ1) is 10.6. The molecule has 0 aliphatic rings. The molecule has 23 heavy (non-hydrogen) atoms. The minimum Gasteiger partial charge on any atom is -0.490 e. The van der Waals surface area contributed by atoms with Gasteiger partial charge in [0.1, 0.15) is 25.0 Å². The van der Waals surface area contributed by atoms with Crippen LogP contribution in [0.1, 0.15) is 46.6 Å². The molecule has 3 N–H and O–H groups in total. The van der Waals surface area contributed by atoms with Gasteiger partial charge in [0.2, 0.25) is 0 Å². The van der Waals surface area contributed by atoms with Gasteiger partial charge in [0.15, 0.2) is 0 Å². The summed E-state index contributed by atoms with van der Waals surface area (Å²) in [6, 6.07) is 7.92. The van der Waals surface area contributed by atoms with Gasteiger partial charge in [-0.3, -0.25) is 0 Å². The highest BCUT2D eigenvalue weighted by Crippen LogP contribution is 2.24. The van der Waals surface area contributed by atoms with E-state index in [1.807, 2.05) is 30.3 Å². The molecule has 0 saturated heterocycles. The van der Waals surface area contributed by atoms with Crippen molar-refractivity contribution in [1.82, 2.24) is 0 Å². The van der Waals surface area contributed by atoms with Gasteiger partial charge in [0, 0.05) is 6.42 Å². The lowest BCUT2D eigenvalue weighted by atomic mass is 9.82. The van der Waals surface area contributed by atoms with Crippen LogP contribution >= 0.6 is 0 Å². The van der Waals surface area contributed by atoms with Gasteiger partial charge in [-0.05, 0) is 37.3 Å². The number of benzene rings is 1. The van der Waals surface area contributed by atoms with Gasteiger partial charge in [-0.2, -0.15) is 0 Å². The van der Waals surface area contributed by atoms with Crippen molar-refractivity contribution >= 4 is 0 Å². The molecule has 0 aliphatic heterocycles. The summed E-state index contributed by atoms with van der Waals surface area (Å²) in [5.74, 6) is 0.834. The number of allylic oxidation sites excluding steroid dienone is 1. The van der Waals surface area contributed by atoms with Crippen LogP contribution in [0.4, 0.5) is 0 Å². The van der Waals surface area contributed by atoms with E-state index in [2.05, 4.69) is 46.5 Å². The van der Waals surface area contributed by atoms with Gasteiger partial charge in [0.25, 0.3) is 0 Å². The topological polar surface area (TPSA) is 46.1 Å². The second-order valence-corrected chi connectivity index (χ2v) is 8.23. The fraction of sp³-hybridized carbons (Fsp3) is 0.600. The number of aliphatic hydroxyl groups is 1. The third-order valence-corrected chi connectivity index (χ3v) is 3.70. The number of quaternary nitrogens is 1. The third-order valence-electron chi connectivity index (χ3n) is 3.70. The van der Waals surface area contributed by atoms with Gasteiger partial charge >= 0.3 is 0 Å². The minimum absolute atomic E-state index is 0.111. The Balaban J connectivity index is 2.46. The maximum atomic E-state index is 10.2. The molecule has 1 aromatic carbocycles. The van der Waals surface area contributed by atoms with Crippen LogP contribution in [0.2, 0.25) is 0 Å². The van der Waals surface area contributed by atoms with Gasteiger partial charge in [-0.15, -0.1) is 6.58 Å². The van der Waals surface area contributed by atoms with Crippen molar-refractivity contribution in [2.75, 3.05) is 13.2 Å². The standard InChI is InChI=1S/C20H33NO2/c1-7-10-16-11-8-9-12-18(16)23-14-17(22)13-21-20(5,6)15-19(2,3)4/h7-9,11-12,17,21-22H,1,10,13-15H2,2-6H3/p+1/t17-/m0/s1. The minimum atomic E-state index is -0.481. The quantitative estimate of drug-likeness (QED) is 0.687. The van der Waals surface area contributed by atoms with Crippen LogP contribution in [-0.4, -0.2) is 29.9 Å². The summed E-state index contributed by atoms with van der Waals surface area (Å²) < 4.78 is 5.80. The van der Waals surface area contributed by atoms with Crippen molar-refractivity contribution in [3.05, 3.63) is 42.5 Å². The second-order valence-electron chi connectivity index (χ2n) is 8.23. The van der Waals surface area contributed by atoms with Crippen molar-refractivity contribution in [1.29, 1.82) is 0 Å². The number of ether oxygens (including phenoxy) is 1. The van der Waals surface area contributed by atoms with Crippen molar-refractivity contribution < 1.29 is 15.2 Å². The highest BCUT2D eigenvalue weighted by Gasteiger charge is 2.29. The van der Waals surface area contributed by atoms with Gasteiger partial charge < -0.3 is 15.2 Å². The van der Waals surface area contributed by atoms with E-state index in [0.29, 0.717) is 13.2 Å². The van der Waals surface area contributed by atoms with E-state index >= 15 is 0 Å². The third kappa shape index (κ3) is 8.19. The second kappa shape index (κ2) is 8.51. The van der Waals surface area contributed by atoms with Crippen LogP contribution < -0.4 is 10.1 Å². The van der Waals surface area contributed by atoms with Crippen LogP contribution in [0.25, 0.3) is 0 Å². The summed E-state index contributed by atoms with van der Waals surface area (Å²) in [5, 5.41) is 12.4. The van der Waals surface area contributed by atoms with Gasteiger partial charge in [-0.25, -0.2) is 0 Å². The van der Waals surface area contributed by atoms with Gasteiger partial charge in [0.05, 0.1) is 5.54 Å². The van der Waals surface area contributed by atoms with Crippen molar-refractivity contribution in [2.45, 2.75) is 59.1 Å². The predicted octanol–water partition coefficient (Wildman–Crippen LogP) is 2.93. The Morgan fingerprint density at radius 3 is 2.48 bits per heavy atom. The fourth-order valence-electron chi connectivity index (χ4n) is 3.12. The summed E-state index contributed by atoms with van der Waals surface area (Å²) in [7, 11) is 0. The molecule has 3 heteroatoms. The SMILES string of the molecule is C=CCc1ccccc1OC[C@@H](O)C[NH2+]C(C)(C)CC(C)(C)C. The van der Waals surface area contributed by atoms with E-state index < -0.39 is 6.10 Å². The summed E-state index contributed by atoms with van der Waals surface area (Å²) >= 11 is 0. The molecule has 0 aliphatic carbocycles. The van der Waals surface area contributed by atoms with Crippen LogP contribution in [0.3, 0.4) is 0 Å². The van der Waals surface area contributed by atoms with E-state index in [4.69, 9.17) is 4.74 Å². The van der Waals surface area contributed by atoms with Crippen LogP contribution in [0.15, 0.2) is 36.9 Å². The molecule has 0 aromatic heterocycles. The molecule has 1 rings (SSSR count). The van der Waals surface area contributed by atoms with E-state index in [1.54, 1.807) is 0 Å². The number of rotatable bonds is 9. The molecular weight excluding hydrogens is 286 g/mol. The average molecular weight is 320 g/mol. The van der Waals surface area contributed by atoms with E-state index in [9.17, 15) is 5.11 Å². The van der Waals surface area contributed by atoms with E-state index in [-0.39, 0.29) is 11.0 Å². The number of hydrogen-bond acceptors (Lipinski definition) is 2. The molecule has 0 heterocycles. The number of aliphatic hydroxyl groups excluding tert-OH is 1. The average Bonchev–Trinajstić information content (AvgIpc) is 2.42. The zero-order chi connectivity index (χ0) is 17.5. The molecule has 0 bridgehead atoms. The molecule has 0 unspecified atom stereocenters. The fourth-order valence-corrected chi connectivity index (χ4v) is 3.12. The lowest BCUT2D eigenvalue weighted by molar-refractivity contribution is -0.727. The molecule has 0 spiro atoms. The summed E-state index contributed by atoms with van der Waals surface area (Å²) in [6.07, 6.45) is 3.25. The normalized spacial score (nSPS) is 13.7. The van der Waals surface area contributed by atoms with Crippen molar-refractivity contribution in [2.24, 2.45) is 5.41 Å². The number of nitrogens with two attached hydrogens (primary N) is 1. The lowest BCUT2D eigenvalue weighted by Gasteiger charge is -2.31. The highest BCUT2D eigenvalue weighted by molar-refractivity contribution is 5.34. The number of para-hydroxylation sites is 1. The Morgan fingerprint density at radius 1 is 1.22 bits per heavy atom. The van der Waals surface area contributed by atoms with Gasteiger partial charge in [-0.1, -0.05) is 45.0 Å². The maximum absolute atomic E-state index is 10.2. The lowest BCUT2D eigenvalue weighted by Crippen LogP contribution is -2.97. The Labute approximate surface area is 141 Å². The van der Waals surface area contributed by atoms with Crippen LogP contribution in [0, 0.1) is 5.41 Å². The Kier molecular flexibility index (Phi) is 7.30. The number of hydrogen-bond donors (Lipinski definition) is 2. The molecule has 0 amide bonds. The molecule has 1 aromatic rings. The molecule has 130 valence electrons. The maximum Gasteiger partial charge on any atom is 0.137 e. The van der Waals surface area contributed by atoms with Crippen LogP contribution in [-0.2, 0) is 6.42 Å². The zero-order valence-corrected chi connectivity index (χ0v) is 15.4. The Hall–Kier alpha value is -1.32. The monoisotopic (exact) mass is 320 g/mol. The van der Waals surface area contributed by atoms with Crippen molar-refractivity contribution in [3.8, 4) is 5.75 Å². The molecule has 0 fully saturated rings. The Bertz CT molecular complexity index is 489. The Morgan fingerprint density at radius 2 is 1.87 bits per heavy atom. The molecule has 1 atom stereocenters. The zero-order valence-electron chi connectivity index (χ0n) is 15.4. The summed E-state index contributed by atoms with van der Waals surface area (Å²) in [5.41, 5.74) is 1.50. The molecule has 3 nitrogen and oxygen atoms in total. The van der Waals surface area contributed by atoms with Crippen LogP contribution in [0.5, 0.6) is 5.75 Å². The van der Waals surface area contributed by atoms with Crippen molar-refractivity contribution in [3.63, 3.8) is 0 Å². The summed E-state index contributed by atoms with van der Waals surface area (Å²) in [4.78, 5) is 0. The molecular formula is C20H34NO2+. The smallest absolute Gasteiger partial charge is 0.137 e. The van der Waals surface area contributed by atoms with E-state index in [0.717, 1.165) is 24.2 Å². The first-order valence-corrected chi connectivity index (χ1v) is 8.47. The molecule has 0 saturated carbocycles. The first-order valence-electron chi connectivity index (χ1n) is 8.47. The largest absolute Gasteiger partial charge is 0.490 e.